The summed E-state index contributed by atoms with van der Waals surface area (Å²) in [6.07, 6.45) is -1.84. The summed E-state index contributed by atoms with van der Waals surface area (Å²) >= 11 is 0. The predicted octanol–water partition coefficient (Wildman–Crippen LogP) is 0.314. The molecule has 18 heavy (non-hydrogen) atoms. The van der Waals surface area contributed by atoms with Crippen LogP contribution in [0.4, 0.5) is 0 Å². The summed E-state index contributed by atoms with van der Waals surface area (Å²) in [4.78, 5) is 21.3. The van der Waals surface area contributed by atoms with Gasteiger partial charge in [0, 0.05) is 12.0 Å². The van der Waals surface area contributed by atoms with Crippen LogP contribution in [-0.4, -0.2) is 32.4 Å². The molecule has 1 unspecified atom stereocenters. The molecular weight excluding hydrogens is 240 g/mol. The third-order valence-electron chi connectivity index (χ3n) is 2.57. The van der Waals surface area contributed by atoms with E-state index in [0.717, 1.165) is 0 Å². The summed E-state index contributed by atoms with van der Waals surface area (Å²) in [5, 5.41) is 36.1. The summed E-state index contributed by atoms with van der Waals surface area (Å²) in [5.41, 5.74) is 0.778. The Morgan fingerprint density at radius 3 is 2.28 bits per heavy atom. The van der Waals surface area contributed by atoms with Crippen molar-refractivity contribution in [3.8, 4) is 0 Å². The summed E-state index contributed by atoms with van der Waals surface area (Å²) in [6.45, 7) is -0.416. The van der Waals surface area contributed by atoms with Gasteiger partial charge < -0.3 is 20.4 Å². The van der Waals surface area contributed by atoms with Gasteiger partial charge in [-0.2, -0.15) is 0 Å². The average molecular weight is 254 g/mol. The largest absolute Gasteiger partial charge is 0.481 e. The number of aryl methyl sites for hydroxylation is 1. The van der Waals surface area contributed by atoms with Crippen LogP contribution < -0.4 is 0 Å². The van der Waals surface area contributed by atoms with Gasteiger partial charge in [0.05, 0.1) is 6.61 Å². The maximum atomic E-state index is 10.8. The predicted molar refractivity (Wildman–Crippen MR) is 60.9 cm³/mol. The minimum atomic E-state index is -1.77. The van der Waals surface area contributed by atoms with Crippen molar-refractivity contribution in [2.45, 2.75) is 25.6 Å². The van der Waals surface area contributed by atoms with Crippen molar-refractivity contribution in [2.75, 3.05) is 0 Å². The summed E-state index contributed by atoms with van der Waals surface area (Å²) < 4.78 is 0. The first-order valence-electron chi connectivity index (χ1n) is 5.31. The highest BCUT2D eigenvalue weighted by Crippen LogP contribution is 2.24. The van der Waals surface area contributed by atoms with Gasteiger partial charge in [0.25, 0.3) is 0 Å². The van der Waals surface area contributed by atoms with E-state index in [2.05, 4.69) is 0 Å². The third-order valence-corrected chi connectivity index (χ3v) is 2.57. The first-order valence-corrected chi connectivity index (χ1v) is 5.31. The number of hydrogen-bond acceptors (Lipinski definition) is 4. The summed E-state index contributed by atoms with van der Waals surface area (Å²) in [5.74, 6) is -2.45. The quantitative estimate of drug-likeness (QED) is 0.581. The Kier molecular flexibility index (Phi) is 4.82. The molecule has 1 rings (SSSR count). The molecule has 0 aliphatic carbocycles. The Labute approximate surface area is 103 Å². The van der Waals surface area contributed by atoms with Crippen molar-refractivity contribution in [3.63, 3.8) is 0 Å². The van der Waals surface area contributed by atoms with Crippen LogP contribution in [0.2, 0.25) is 0 Å². The molecular formula is C12H14O6. The van der Waals surface area contributed by atoms with E-state index in [-0.39, 0.29) is 24.0 Å². The molecule has 0 aliphatic heterocycles. The van der Waals surface area contributed by atoms with E-state index in [9.17, 15) is 14.7 Å². The van der Waals surface area contributed by atoms with Crippen molar-refractivity contribution in [1.29, 1.82) is 0 Å². The molecule has 6 nitrogen and oxygen atoms in total. The maximum absolute atomic E-state index is 10.8. The van der Waals surface area contributed by atoms with Gasteiger partial charge >= 0.3 is 11.9 Å². The van der Waals surface area contributed by atoms with Gasteiger partial charge in [-0.15, -0.1) is 0 Å². The van der Waals surface area contributed by atoms with E-state index in [1.807, 2.05) is 0 Å². The van der Waals surface area contributed by atoms with E-state index in [1.165, 1.54) is 6.07 Å². The van der Waals surface area contributed by atoms with E-state index in [1.54, 1.807) is 12.1 Å². The Bertz CT molecular complexity index is 454. The Hall–Kier alpha value is -1.92. The lowest BCUT2D eigenvalue weighted by molar-refractivity contribution is -0.147. The second kappa shape index (κ2) is 6.13. The molecule has 6 heteroatoms. The van der Waals surface area contributed by atoms with E-state index >= 15 is 0 Å². The third kappa shape index (κ3) is 3.28. The molecule has 0 saturated carbocycles. The topological polar surface area (TPSA) is 115 Å². The molecule has 1 atom stereocenters. The molecule has 0 bridgehead atoms. The molecule has 1 aromatic rings. The molecule has 4 N–H and O–H groups in total. The zero-order chi connectivity index (χ0) is 13.7. The number of benzene rings is 1. The monoisotopic (exact) mass is 254 g/mol. The lowest BCUT2D eigenvalue weighted by Crippen LogP contribution is -2.16. The molecule has 1 aromatic carbocycles. The second-order valence-electron chi connectivity index (χ2n) is 3.78. The minimum absolute atomic E-state index is 0.0775. The molecule has 0 radical (unpaired) electrons. The van der Waals surface area contributed by atoms with Gasteiger partial charge in [-0.1, -0.05) is 18.2 Å². The molecule has 0 aliphatic rings. The summed E-state index contributed by atoms with van der Waals surface area (Å²) in [6, 6.07) is 4.62. The maximum Gasteiger partial charge on any atom is 0.337 e. The smallest absolute Gasteiger partial charge is 0.337 e. The van der Waals surface area contributed by atoms with Crippen LogP contribution in [0, 0.1) is 0 Å². The standard InChI is InChI=1S/C12H14O6/c13-6-8-3-1-2-7(4-5-9(14)15)10(8)11(16)12(17)18/h1-3,11,13,16H,4-6H2,(H,14,15)(H,17,18). The zero-order valence-corrected chi connectivity index (χ0v) is 9.54. The van der Waals surface area contributed by atoms with Crippen LogP contribution in [0.1, 0.15) is 29.2 Å². The molecule has 0 spiro atoms. The lowest BCUT2D eigenvalue weighted by Gasteiger charge is -2.15. The van der Waals surface area contributed by atoms with Crippen LogP contribution in [0.15, 0.2) is 18.2 Å². The van der Waals surface area contributed by atoms with Crippen molar-refractivity contribution >= 4 is 11.9 Å². The molecule has 0 saturated heterocycles. The van der Waals surface area contributed by atoms with Gasteiger partial charge in [-0.3, -0.25) is 4.79 Å². The van der Waals surface area contributed by atoms with Gasteiger partial charge in [-0.05, 0) is 17.5 Å². The average Bonchev–Trinajstić information content (AvgIpc) is 2.34. The fraction of sp³-hybridized carbons (Fsp3) is 0.333. The van der Waals surface area contributed by atoms with Gasteiger partial charge in [-0.25, -0.2) is 4.79 Å². The van der Waals surface area contributed by atoms with Gasteiger partial charge in [0.1, 0.15) is 0 Å². The normalized spacial score (nSPS) is 12.1. The highest BCUT2D eigenvalue weighted by Gasteiger charge is 2.22. The number of carboxylic acid groups (broad SMARTS) is 2. The van der Waals surface area contributed by atoms with E-state index < -0.39 is 24.6 Å². The van der Waals surface area contributed by atoms with Crippen LogP contribution in [0.25, 0.3) is 0 Å². The number of rotatable bonds is 6. The van der Waals surface area contributed by atoms with Crippen LogP contribution in [0.5, 0.6) is 0 Å². The number of carbonyl (C=O) groups is 2. The molecule has 0 aromatic heterocycles. The zero-order valence-electron chi connectivity index (χ0n) is 9.54. The van der Waals surface area contributed by atoms with E-state index in [4.69, 9.17) is 15.3 Å². The number of hydrogen-bond donors (Lipinski definition) is 4. The fourth-order valence-electron chi connectivity index (χ4n) is 1.74. The minimum Gasteiger partial charge on any atom is -0.481 e. The number of aliphatic carboxylic acids is 2. The van der Waals surface area contributed by atoms with Crippen molar-refractivity contribution in [1.82, 2.24) is 0 Å². The van der Waals surface area contributed by atoms with Crippen molar-refractivity contribution in [2.24, 2.45) is 0 Å². The fourth-order valence-corrected chi connectivity index (χ4v) is 1.74. The molecule has 0 fully saturated rings. The van der Waals surface area contributed by atoms with Crippen LogP contribution in [0.3, 0.4) is 0 Å². The Morgan fingerprint density at radius 1 is 1.17 bits per heavy atom. The first kappa shape index (κ1) is 14.1. The van der Waals surface area contributed by atoms with Crippen LogP contribution in [-0.2, 0) is 22.6 Å². The van der Waals surface area contributed by atoms with Crippen LogP contribution >= 0.6 is 0 Å². The van der Waals surface area contributed by atoms with Gasteiger partial charge in [0.15, 0.2) is 6.10 Å². The first-order chi connectivity index (χ1) is 8.47. The highest BCUT2D eigenvalue weighted by molar-refractivity contribution is 5.75. The number of aliphatic hydroxyl groups excluding tert-OH is 2. The Balaban J connectivity index is 3.15. The second-order valence-corrected chi connectivity index (χ2v) is 3.78. The Morgan fingerprint density at radius 2 is 1.78 bits per heavy atom. The SMILES string of the molecule is O=C(O)CCc1cccc(CO)c1C(O)C(=O)O. The molecule has 98 valence electrons. The van der Waals surface area contributed by atoms with Crippen molar-refractivity contribution in [3.05, 3.63) is 34.9 Å². The highest BCUT2D eigenvalue weighted by atomic mass is 16.4. The van der Waals surface area contributed by atoms with E-state index in [0.29, 0.717) is 5.56 Å². The lowest BCUT2D eigenvalue weighted by atomic mass is 9.94. The molecule has 0 amide bonds. The molecule has 0 heterocycles. The van der Waals surface area contributed by atoms with Gasteiger partial charge in [0.2, 0.25) is 0 Å². The number of aliphatic hydroxyl groups is 2. The summed E-state index contributed by atoms with van der Waals surface area (Å²) in [7, 11) is 0. The van der Waals surface area contributed by atoms with Crippen molar-refractivity contribution < 1.29 is 30.0 Å². The number of carboxylic acids is 2.